The molecule has 0 aliphatic heterocycles. The molecule has 0 heterocycles. The molecule has 0 saturated carbocycles. The first-order valence-electron chi connectivity index (χ1n) is 6.16. The van der Waals surface area contributed by atoms with Crippen LogP contribution in [0.25, 0.3) is 0 Å². The van der Waals surface area contributed by atoms with Gasteiger partial charge in [-0.15, -0.1) is 0 Å². The zero-order chi connectivity index (χ0) is 15.5. The van der Waals surface area contributed by atoms with Crippen molar-refractivity contribution in [3.8, 4) is 5.75 Å². The highest BCUT2D eigenvalue weighted by molar-refractivity contribution is 7.99. The minimum absolute atomic E-state index is 0.0799. The number of nitrogens with two attached hydrogens (primary N) is 1. The highest BCUT2D eigenvalue weighted by Crippen LogP contribution is 2.40. The highest BCUT2D eigenvalue weighted by atomic mass is 32.2. The standard InChI is InChI=1S/C15H14F3NOS/c1-20-11-3-5-12(6-4-11)21-14-7-2-10(9-19)8-13(14)15(16,17)18/h2-8H,9,19H2,1H3. The van der Waals surface area contributed by atoms with E-state index in [1.807, 2.05) is 0 Å². The molecule has 0 aliphatic rings. The van der Waals surface area contributed by atoms with E-state index < -0.39 is 11.7 Å². The Morgan fingerprint density at radius 1 is 1.10 bits per heavy atom. The van der Waals surface area contributed by atoms with Crippen molar-refractivity contribution < 1.29 is 17.9 Å². The number of ether oxygens (including phenoxy) is 1. The monoisotopic (exact) mass is 313 g/mol. The fourth-order valence-corrected chi connectivity index (χ4v) is 2.73. The van der Waals surface area contributed by atoms with Gasteiger partial charge < -0.3 is 10.5 Å². The lowest BCUT2D eigenvalue weighted by Crippen LogP contribution is -2.08. The SMILES string of the molecule is COc1ccc(Sc2ccc(CN)cc2C(F)(F)F)cc1. The van der Waals surface area contributed by atoms with E-state index in [9.17, 15) is 13.2 Å². The number of rotatable bonds is 4. The third kappa shape index (κ3) is 3.92. The third-order valence-electron chi connectivity index (χ3n) is 2.87. The van der Waals surface area contributed by atoms with Crippen molar-refractivity contribution in [3.05, 3.63) is 53.6 Å². The second-order valence-electron chi connectivity index (χ2n) is 4.31. The van der Waals surface area contributed by atoms with Gasteiger partial charge in [0.05, 0.1) is 12.7 Å². The highest BCUT2D eigenvalue weighted by Gasteiger charge is 2.33. The van der Waals surface area contributed by atoms with Crippen molar-refractivity contribution in [3.63, 3.8) is 0 Å². The summed E-state index contributed by atoms with van der Waals surface area (Å²) in [5.74, 6) is 0.661. The van der Waals surface area contributed by atoms with Crippen LogP contribution in [0.1, 0.15) is 11.1 Å². The Hall–Kier alpha value is -1.66. The molecule has 2 rings (SSSR count). The molecule has 2 nitrogen and oxygen atoms in total. The normalized spacial score (nSPS) is 11.5. The first-order valence-corrected chi connectivity index (χ1v) is 6.98. The molecule has 2 aromatic carbocycles. The predicted molar refractivity (Wildman–Crippen MR) is 76.5 cm³/mol. The van der Waals surface area contributed by atoms with E-state index in [1.54, 1.807) is 30.3 Å². The maximum absolute atomic E-state index is 13.1. The van der Waals surface area contributed by atoms with Crippen molar-refractivity contribution in [2.45, 2.75) is 22.5 Å². The van der Waals surface area contributed by atoms with E-state index in [0.29, 0.717) is 16.2 Å². The van der Waals surface area contributed by atoms with Crippen LogP contribution in [0, 0.1) is 0 Å². The molecule has 0 spiro atoms. The number of halogens is 3. The van der Waals surface area contributed by atoms with Crippen LogP contribution < -0.4 is 10.5 Å². The maximum atomic E-state index is 13.1. The molecule has 2 N–H and O–H groups in total. The molecule has 0 fully saturated rings. The Morgan fingerprint density at radius 3 is 2.29 bits per heavy atom. The smallest absolute Gasteiger partial charge is 0.417 e. The number of alkyl halides is 3. The van der Waals surface area contributed by atoms with Crippen LogP contribution in [0.15, 0.2) is 52.3 Å². The Morgan fingerprint density at radius 2 is 1.76 bits per heavy atom. The fraction of sp³-hybridized carbons (Fsp3) is 0.200. The second kappa shape index (κ2) is 6.41. The molecule has 0 aliphatic carbocycles. The van der Waals surface area contributed by atoms with Gasteiger partial charge in [-0.1, -0.05) is 17.8 Å². The van der Waals surface area contributed by atoms with Crippen molar-refractivity contribution in [2.24, 2.45) is 5.73 Å². The summed E-state index contributed by atoms with van der Waals surface area (Å²) in [5, 5.41) is 0. The molecule has 0 aromatic heterocycles. The average Bonchev–Trinajstić information content (AvgIpc) is 2.47. The summed E-state index contributed by atoms with van der Waals surface area (Å²) < 4.78 is 44.4. The van der Waals surface area contributed by atoms with E-state index in [-0.39, 0.29) is 11.4 Å². The van der Waals surface area contributed by atoms with Crippen LogP contribution >= 0.6 is 11.8 Å². The third-order valence-corrected chi connectivity index (χ3v) is 3.96. The van der Waals surface area contributed by atoms with Crippen LogP contribution in [0.4, 0.5) is 13.2 Å². The summed E-state index contributed by atoms with van der Waals surface area (Å²) >= 11 is 1.06. The molecule has 0 amide bonds. The van der Waals surface area contributed by atoms with E-state index in [1.165, 1.54) is 13.2 Å². The summed E-state index contributed by atoms with van der Waals surface area (Å²) in [6.45, 7) is 0.0799. The van der Waals surface area contributed by atoms with Gasteiger partial charge in [0, 0.05) is 16.3 Å². The van der Waals surface area contributed by atoms with Crippen molar-refractivity contribution in [2.75, 3.05) is 7.11 Å². The first-order chi connectivity index (χ1) is 9.94. The van der Waals surface area contributed by atoms with Gasteiger partial charge in [-0.3, -0.25) is 0 Å². The van der Waals surface area contributed by atoms with Gasteiger partial charge in [0.1, 0.15) is 5.75 Å². The van der Waals surface area contributed by atoms with Gasteiger partial charge in [0.15, 0.2) is 0 Å². The lowest BCUT2D eigenvalue weighted by Gasteiger charge is -2.14. The summed E-state index contributed by atoms with van der Waals surface area (Å²) in [5.41, 5.74) is 5.21. The van der Waals surface area contributed by atoms with E-state index >= 15 is 0 Å². The predicted octanol–water partition coefficient (Wildman–Crippen LogP) is 4.32. The van der Waals surface area contributed by atoms with Gasteiger partial charge in [0.2, 0.25) is 0 Å². The quantitative estimate of drug-likeness (QED) is 0.913. The summed E-state index contributed by atoms with van der Waals surface area (Å²) in [6, 6.07) is 11.0. The zero-order valence-corrected chi connectivity index (χ0v) is 12.1. The molecule has 0 radical (unpaired) electrons. The first kappa shape index (κ1) is 15.7. The van der Waals surface area contributed by atoms with Gasteiger partial charge in [-0.05, 0) is 42.0 Å². The number of hydrogen-bond donors (Lipinski definition) is 1. The van der Waals surface area contributed by atoms with Gasteiger partial charge in [-0.2, -0.15) is 13.2 Å². The molecular weight excluding hydrogens is 299 g/mol. The molecule has 0 unspecified atom stereocenters. The Bertz CT molecular complexity index is 611. The number of methoxy groups -OCH3 is 1. The summed E-state index contributed by atoms with van der Waals surface area (Å²) in [6.07, 6.45) is -4.40. The molecular formula is C15H14F3NOS. The van der Waals surface area contributed by atoms with Crippen molar-refractivity contribution >= 4 is 11.8 Å². The number of hydrogen-bond acceptors (Lipinski definition) is 3. The van der Waals surface area contributed by atoms with Crippen LogP contribution in [-0.2, 0) is 12.7 Å². The van der Waals surface area contributed by atoms with Crippen LogP contribution in [0.3, 0.4) is 0 Å². The molecule has 2 aromatic rings. The second-order valence-corrected chi connectivity index (χ2v) is 5.43. The minimum Gasteiger partial charge on any atom is -0.497 e. The fourth-order valence-electron chi connectivity index (χ4n) is 1.79. The lowest BCUT2D eigenvalue weighted by atomic mass is 10.1. The molecule has 21 heavy (non-hydrogen) atoms. The van der Waals surface area contributed by atoms with E-state index in [2.05, 4.69) is 0 Å². The topological polar surface area (TPSA) is 35.2 Å². The molecule has 0 atom stereocenters. The zero-order valence-electron chi connectivity index (χ0n) is 11.3. The molecule has 6 heteroatoms. The Labute approximate surface area is 125 Å². The average molecular weight is 313 g/mol. The van der Waals surface area contributed by atoms with E-state index in [4.69, 9.17) is 10.5 Å². The van der Waals surface area contributed by atoms with Gasteiger partial charge >= 0.3 is 6.18 Å². The maximum Gasteiger partial charge on any atom is 0.417 e. The van der Waals surface area contributed by atoms with E-state index in [0.717, 1.165) is 17.8 Å². The van der Waals surface area contributed by atoms with Gasteiger partial charge in [-0.25, -0.2) is 0 Å². The Kier molecular flexibility index (Phi) is 4.80. The lowest BCUT2D eigenvalue weighted by molar-refractivity contribution is -0.139. The molecule has 0 saturated heterocycles. The molecule has 0 bridgehead atoms. The van der Waals surface area contributed by atoms with Crippen LogP contribution in [0.5, 0.6) is 5.75 Å². The Balaban J connectivity index is 2.34. The number of benzene rings is 2. The van der Waals surface area contributed by atoms with Gasteiger partial charge in [0.25, 0.3) is 0 Å². The summed E-state index contributed by atoms with van der Waals surface area (Å²) in [4.78, 5) is 0.867. The summed E-state index contributed by atoms with van der Waals surface area (Å²) in [7, 11) is 1.54. The minimum atomic E-state index is -4.40. The van der Waals surface area contributed by atoms with Crippen LogP contribution in [0.2, 0.25) is 0 Å². The largest absolute Gasteiger partial charge is 0.497 e. The molecule has 112 valence electrons. The van der Waals surface area contributed by atoms with Crippen molar-refractivity contribution in [1.82, 2.24) is 0 Å². The van der Waals surface area contributed by atoms with Crippen LogP contribution in [-0.4, -0.2) is 7.11 Å². The van der Waals surface area contributed by atoms with Crippen molar-refractivity contribution in [1.29, 1.82) is 0 Å².